The molecule has 2 aromatic carbocycles. The molecule has 2 fully saturated rings. The number of nitrogens with zero attached hydrogens (tertiary/aromatic N) is 3. The lowest BCUT2D eigenvalue weighted by molar-refractivity contribution is -0.131. The van der Waals surface area contributed by atoms with Gasteiger partial charge in [0.2, 0.25) is 5.91 Å². The molecule has 3 amide bonds. The van der Waals surface area contributed by atoms with Gasteiger partial charge >= 0.3 is 6.03 Å². The number of methoxy groups -OCH3 is 1. The smallest absolute Gasteiger partial charge is 0.325 e. The van der Waals surface area contributed by atoms with Crippen LogP contribution in [0.15, 0.2) is 48.5 Å². The minimum absolute atomic E-state index is 0.00494. The summed E-state index contributed by atoms with van der Waals surface area (Å²) in [5.74, 6) is 1.61. The molecule has 2 aliphatic heterocycles. The number of amides is 3. The van der Waals surface area contributed by atoms with E-state index in [2.05, 4.69) is 6.07 Å². The van der Waals surface area contributed by atoms with Crippen LogP contribution < -0.4 is 9.64 Å². The van der Waals surface area contributed by atoms with Crippen LogP contribution in [0.5, 0.6) is 5.75 Å². The molecule has 1 atom stereocenters. The molecule has 2 heterocycles. The Balaban J connectivity index is 1.34. The molecule has 31 heavy (non-hydrogen) atoms. The number of thioether (sulfide) groups is 1. The van der Waals surface area contributed by atoms with Crippen molar-refractivity contribution >= 4 is 41.0 Å². The normalized spacial score (nSPS) is 19.5. The maximum Gasteiger partial charge on any atom is 0.325 e. The van der Waals surface area contributed by atoms with Crippen LogP contribution in [0, 0.1) is 0 Å². The first-order valence-electron chi connectivity index (χ1n) is 10.4. The zero-order valence-corrected chi connectivity index (χ0v) is 19.1. The molecule has 4 rings (SSSR count). The second-order valence-electron chi connectivity index (χ2n) is 7.60. The lowest BCUT2D eigenvalue weighted by Crippen LogP contribution is -2.43. The Morgan fingerprint density at radius 3 is 2.61 bits per heavy atom. The zero-order chi connectivity index (χ0) is 21.8. The summed E-state index contributed by atoms with van der Waals surface area (Å²) >= 11 is 8.21. The molecule has 0 aromatic heterocycles. The van der Waals surface area contributed by atoms with Crippen LogP contribution in [0.4, 0.5) is 10.5 Å². The topological polar surface area (TPSA) is 53.1 Å². The largest absolute Gasteiger partial charge is 0.497 e. The van der Waals surface area contributed by atoms with E-state index in [0.717, 1.165) is 34.2 Å². The maximum atomic E-state index is 13.0. The first-order valence-corrected chi connectivity index (χ1v) is 11.8. The minimum Gasteiger partial charge on any atom is -0.497 e. The summed E-state index contributed by atoms with van der Waals surface area (Å²) in [5, 5.41) is 1.06. The average molecular weight is 460 g/mol. The van der Waals surface area contributed by atoms with E-state index in [1.807, 2.05) is 59.1 Å². The molecular formula is C23H26ClN3O3S. The Kier molecular flexibility index (Phi) is 6.92. The van der Waals surface area contributed by atoms with E-state index >= 15 is 0 Å². The van der Waals surface area contributed by atoms with E-state index in [4.69, 9.17) is 16.3 Å². The van der Waals surface area contributed by atoms with Gasteiger partial charge in [0.05, 0.1) is 7.11 Å². The second kappa shape index (κ2) is 9.83. The Morgan fingerprint density at radius 2 is 1.87 bits per heavy atom. The highest BCUT2D eigenvalue weighted by molar-refractivity contribution is 7.99. The van der Waals surface area contributed by atoms with Crippen LogP contribution in [0.3, 0.4) is 0 Å². The van der Waals surface area contributed by atoms with Gasteiger partial charge in [0.15, 0.2) is 0 Å². The molecule has 0 spiro atoms. The Morgan fingerprint density at radius 1 is 1.10 bits per heavy atom. The van der Waals surface area contributed by atoms with E-state index < -0.39 is 0 Å². The van der Waals surface area contributed by atoms with Crippen LogP contribution >= 0.6 is 23.4 Å². The first kappa shape index (κ1) is 21.8. The molecule has 0 bridgehead atoms. The summed E-state index contributed by atoms with van der Waals surface area (Å²) in [7, 11) is 1.61. The summed E-state index contributed by atoms with van der Waals surface area (Å²) < 4.78 is 5.18. The number of hydrogen-bond acceptors (Lipinski definition) is 4. The predicted molar refractivity (Wildman–Crippen MR) is 125 cm³/mol. The quantitative estimate of drug-likeness (QED) is 0.669. The zero-order valence-electron chi connectivity index (χ0n) is 17.5. The minimum atomic E-state index is -0.128. The molecule has 2 aromatic rings. The van der Waals surface area contributed by atoms with E-state index in [9.17, 15) is 9.59 Å². The van der Waals surface area contributed by atoms with Gasteiger partial charge in [0.1, 0.15) is 12.3 Å². The fourth-order valence-electron chi connectivity index (χ4n) is 4.00. The Labute approximate surface area is 192 Å². The fourth-order valence-corrected chi connectivity index (χ4v) is 5.60. The Bertz CT molecular complexity index is 940. The van der Waals surface area contributed by atoms with Gasteiger partial charge in [0.25, 0.3) is 0 Å². The van der Waals surface area contributed by atoms with Crippen molar-refractivity contribution in [3.63, 3.8) is 0 Å². The molecule has 0 N–H and O–H groups in total. The van der Waals surface area contributed by atoms with Gasteiger partial charge in [-0.25, -0.2) is 4.79 Å². The molecule has 1 unspecified atom stereocenters. The number of halogens is 1. The molecule has 0 saturated carbocycles. The van der Waals surface area contributed by atoms with Crippen molar-refractivity contribution in [3.8, 4) is 5.75 Å². The Hall–Kier alpha value is -2.38. The van der Waals surface area contributed by atoms with Crippen molar-refractivity contribution in [1.82, 2.24) is 9.80 Å². The van der Waals surface area contributed by atoms with Crippen LogP contribution in [-0.2, 0) is 4.79 Å². The number of carbonyl (C=O) groups excluding carboxylic acids is 2. The van der Waals surface area contributed by atoms with Gasteiger partial charge in [-0.05, 0) is 42.3 Å². The monoisotopic (exact) mass is 459 g/mol. The highest BCUT2D eigenvalue weighted by Gasteiger charge is 2.32. The van der Waals surface area contributed by atoms with Crippen LogP contribution in [0.1, 0.15) is 17.2 Å². The molecule has 8 heteroatoms. The number of hydrogen-bond donors (Lipinski definition) is 0. The van der Waals surface area contributed by atoms with Crippen molar-refractivity contribution in [2.45, 2.75) is 11.7 Å². The summed E-state index contributed by atoms with van der Waals surface area (Å²) in [6.45, 7) is 2.60. The van der Waals surface area contributed by atoms with Crippen molar-refractivity contribution < 1.29 is 14.3 Å². The number of rotatable bonds is 5. The summed E-state index contributed by atoms with van der Waals surface area (Å²) in [6, 6.07) is 15.2. The van der Waals surface area contributed by atoms with Gasteiger partial charge in [0, 0.05) is 47.9 Å². The highest BCUT2D eigenvalue weighted by Crippen LogP contribution is 2.37. The lowest BCUT2D eigenvalue weighted by Gasteiger charge is -2.24. The number of anilines is 1. The van der Waals surface area contributed by atoms with E-state index in [1.165, 1.54) is 0 Å². The summed E-state index contributed by atoms with van der Waals surface area (Å²) in [6.07, 6.45) is 0.853. The number of ether oxygens (including phenoxy) is 1. The molecule has 6 nitrogen and oxygen atoms in total. The number of urea groups is 1. The van der Waals surface area contributed by atoms with Crippen molar-refractivity contribution in [2.75, 3.05) is 50.5 Å². The molecule has 164 valence electrons. The third-order valence-electron chi connectivity index (χ3n) is 5.75. The molecule has 0 aliphatic carbocycles. The van der Waals surface area contributed by atoms with Crippen LogP contribution in [-0.4, -0.2) is 67.3 Å². The third kappa shape index (κ3) is 4.93. The van der Waals surface area contributed by atoms with Crippen LogP contribution in [0.2, 0.25) is 5.02 Å². The van der Waals surface area contributed by atoms with Crippen molar-refractivity contribution in [2.24, 2.45) is 0 Å². The van der Waals surface area contributed by atoms with Crippen LogP contribution in [0.25, 0.3) is 0 Å². The predicted octanol–water partition coefficient (Wildman–Crippen LogP) is 4.30. The third-order valence-corrected chi connectivity index (χ3v) is 7.41. The molecule has 2 saturated heterocycles. The number of carbonyl (C=O) groups is 2. The first-order chi connectivity index (χ1) is 15.1. The lowest BCUT2D eigenvalue weighted by atomic mass is 10.1. The maximum absolute atomic E-state index is 13.0. The SMILES string of the molecule is COc1ccc(N2CCN(CC(=O)N3CCSC(c4ccccc4Cl)CC3)C2=O)cc1. The number of benzene rings is 2. The summed E-state index contributed by atoms with van der Waals surface area (Å²) in [4.78, 5) is 31.0. The van der Waals surface area contributed by atoms with Gasteiger partial charge in [-0.15, -0.1) is 0 Å². The van der Waals surface area contributed by atoms with E-state index in [-0.39, 0.29) is 23.7 Å². The van der Waals surface area contributed by atoms with Crippen molar-refractivity contribution in [3.05, 3.63) is 59.1 Å². The molecular weight excluding hydrogens is 434 g/mol. The molecule has 0 radical (unpaired) electrons. The average Bonchev–Trinajstić information content (AvgIpc) is 2.99. The highest BCUT2D eigenvalue weighted by atomic mass is 35.5. The fraction of sp³-hybridized carbons (Fsp3) is 0.391. The van der Waals surface area contributed by atoms with Gasteiger partial charge in [-0.2, -0.15) is 11.8 Å². The second-order valence-corrected chi connectivity index (χ2v) is 9.32. The van der Waals surface area contributed by atoms with Gasteiger partial charge in [-0.1, -0.05) is 29.8 Å². The molecule has 2 aliphatic rings. The van der Waals surface area contributed by atoms with E-state index in [0.29, 0.717) is 26.2 Å². The van der Waals surface area contributed by atoms with Gasteiger partial charge < -0.3 is 14.5 Å². The van der Waals surface area contributed by atoms with E-state index in [1.54, 1.807) is 16.9 Å². The van der Waals surface area contributed by atoms with Gasteiger partial charge in [-0.3, -0.25) is 9.69 Å². The standard InChI is InChI=1S/C23H26ClN3O3S/c1-30-18-8-6-17(7-9-18)27-13-12-26(23(27)29)16-22(28)25-11-10-21(31-15-14-25)19-4-2-3-5-20(19)24/h2-9,21H,10-16H2,1H3. The van der Waals surface area contributed by atoms with Crippen molar-refractivity contribution in [1.29, 1.82) is 0 Å². The summed E-state index contributed by atoms with van der Waals surface area (Å²) in [5.41, 5.74) is 1.95.